The van der Waals surface area contributed by atoms with Crippen LogP contribution in [-0.2, 0) is 0 Å². The molecule has 32 valence electrons. The van der Waals surface area contributed by atoms with E-state index < -0.39 is 8.80 Å². The predicted octanol–water partition coefficient (Wildman–Crippen LogP) is -2.71. The van der Waals surface area contributed by atoms with Crippen LogP contribution in [0.4, 0.5) is 0 Å². The number of hydrogen-bond donors (Lipinski definition) is 4. The predicted molar refractivity (Wildman–Crippen MR) is 20.5 cm³/mol. The third-order valence-electron chi connectivity index (χ3n) is 0. The Kier molecular flexibility index (Phi) is 1.05. The van der Waals surface area contributed by atoms with Gasteiger partial charge in [0.2, 0.25) is 0 Å². The maximum Gasteiger partial charge on any atom is 0.429 e. The van der Waals surface area contributed by atoms with E-state index in [0.717, 1.165) is 0 Å². The van der Waals surface area contributed by atoms with Gasteiger partial charge in [-0.1, -0.05) is 0 Å². The maximum atomic E-state index is 7.99. The fourth-order valence-corrected chi connectivity index (χ4v) is 0. The lowest BCUT2D eigenvalue weighted by Gasteiger charge is -1.98. The lowest BCUT2D eigenvalue weighted by Crippen LogP contribution is -2.65. The fraction of sp³-hybridized carbons (Fsp3) is 0. The Morgan fingerprint density at radius 1 is 1.20 bits per heavy atom. The van der Waals surface area contributed by atoms with Crippen LogP contribution in [0.3, 0.4) is 0 Å². The molecule has 0 aromatic heterocycles. The Labute approximate surface area is 30.9 Å². The van der Waals surface area contributed by atoms with Crippen LogP contribution in [0.25, 0.3) is 0 Å². The number of rotatable bonds is 0. The summed E-state index contributed by atoms with van der Waals surface area (Å²) < 4.78 is 0. The smallest absolute Gasteiger partial charge is 0.397 e. The zero-order chi connectivity index (χ0) is 4.50. The summed E-state index contributed by atoms with van der Waals surface area (Å²) in [7, 11) is -3.11. The molecule has 0 saturated carbocycles. The Balaban J connectivity index is 3.02. The van der Waals surface area contributed by atoms with E-state index in [1.165, 1.54) is 0 Å². The summed E-state index contributed by atoms with van der Waals surface area (Å²) in [5.41, 5.74) is 0. The second kappa shape index (κ2) is 1.03. The minimum absolute atomic E-state index is 3.11. The highest BCUT2D eigenvalue weighted by atomic mass is 28.4. The van der Waals surface area contributed by atoms with Crippen LogP contribution in [0.1, 0.15) is 0 Å². The zero-order valence-electron chi connectivity index (χ0n) is 2.68. The number of hydrogen-bond acceptors (Lipinski definition) is 4. The van der Waals surface area contributed by atoms with E-state index in [-0.39, 0.29) is 0 Å². The van der Waals surface area contributed by atoms with E-state index in [9.17, 15) is 0 Å². The van der Waals surface area contributed by atoms with Crippen LogP contribution in [0.5, 0.6) is 0 Å². The topological polar surface area (TPSA) is 98.3 Å². The second-order valence-corrected chi connectivity index (χ2v) is 2.66. The summed E-state index contributed by atoms with van der Waals surface area (Å²) >= 11 is 0. The van der Waals surface area contributed by atoms with Gasteiger partial charge in [-0.3, -0.25) is 0 Å². The molecule has 0 aliphatic carbocycles. The molecule has 0 fully saturated rings. The van der Waals surface area contributed by atoms with Crippen molar-refractivity contribution in [3.63, 3.8) is 0 Å². The first-order chi connectivity index (χ1) is 2.00. The van der Waals surface area contributed by atoms with Gasteiger partial charge in [-0.25, -0.2) is 0 Å². The first-order valence-corrected chi connectivity index (χ1v) is 3.27. The molecule has 0 amide bonds. The summed E-state index contributed by atoms with van der Waals surface area (Å²) in [5.74, 6) is 0. The van der Waals surface area contributed by atoms with Gasteiger partial charge in [0.25, 0.3) is 0 Å². The second-order valence-electron chi connectivity index (χ2n) is 0.887. The normalized spacial score (nSPS) is 12.0. The van der Waals surface area contributed by atoms with Gasteiger partial charge in [0, 0.05) is 0 Å². The summed E-state index contributed by atoms with van der Waals surface area (Å²) in [6.45, 7) is 0. The zero-order valence-corrected chi connectivity index (χ0v) is 3.68. The number of nitrogens with two attached hydrogens (primary N) is 3. The van der Waals surface area contributed by atoms with Crippen molar-refractivity contribution in [2.45, 2.75) is 0 Å². The highest BCUT2D eigenvalue weighted by Gasteiger charge is 2.09. The molecule has 0 radical (unpaired) electrons. The highest BCUT2D eigenvalue weighted by Crippen LogP contribution is 1.43. The average Bonchev–Trinajstić information content (AvgIpc) is 0.722. The van der Waals surface area contributed by atoms with Crippen LogP contribution in [0.15, 0.2) is 0 Å². The van der Waals surface area contributed by atoms with Gasteiger partial charge in [-0.05, 0) is 0 Å². The summed E-state index contributed by atoms with van der Waals surface area (Å²) in [4.78, 5) is 7.99. The Bertz CT molecular complexity index is 22.4. The van der Waals surface area contributed by atoms with Crippen LogP contribution in [0.2, 0.25) is 0 Å². The van der Waals surface area contributed by atoms with E-state index >= 15 is 0 Å². The Morgan fingerprint density at radius 3 is 1.20 bits per heavy atom. The molecule has 5 heteroatoms. The van der Waals surface area contributed by atoms with E-state index in [0.29, 0.717) is 0 Å². The van der Waals surface area contributed by atoms with Crippen LogP contribution >= 0.6 is 0 Å². The van der Waals surface area contributed by atoms with Crippen molar-refractivity contribution >= 4 is 8.80 Å². The molecule has 0 aromatic rings. The standard InChI is InChI=1S/H7N3OSi/c1-5(2,3)4/h4H,1-3H2. The van der Waals surface area contributed by atoms with Crippen molar-refractivity contribution in [3.05, 3.63) is 0 Å². The van der Waals surface area contributed by atoms with E-state index in [4.69, 9.17) is 4.80 Å². The third kappa shape index (κ3) is 5300. The van der Waals surface area contributed by atoms with Gasteiger partial charge in [-0.15, -0.1) is 0 Å². The molecule has 0 bridgehead atoms. The fourth-order valence-electron chi connectivity index (χ4n) is 0. The molecule has 0 atom stereocenters. The molecule has 0 rings (SSSR count). The molecule has 0 saturated heterocycles. The largest absolute Gasteiger partial charge is 0.429 e. The average molecular weight is 93.2 g/mol. The first-order valence-electron chi connectivity index (χ1n) is 1.09. The molecule has 0 spiro atoms. The van der Waals surface area contributed by atoms with Gasteiger partial charge in [0.1, 0.15) is 0 Å². The Morgan fingerprint density at radius 2 is 1.20 bits per heavy atom. The van der Waals surface area contributed by atoms with Gasteiger partial charge >= 0.3 is 8.80 Å². The third-order valence-corrected chi connectivity index (χ3v) is 0. The summed E-state index contributed by atoms with van der Waals surface area (Å²) in [6, 6.07) is 0. The van der Waals surface area contributed by atoms with Crippen LogP contribution in [-0.4, -0.2) is 13.6 Å². The van der Waals surface area contributed by atoms with E-state index in [2.05, 4.69) is 16.2 Å². The molecule has 7 N–H and O–H groups in total. The van der Waals surface area contributed by atoms with Crippen molar-refractivity contribution < 1.29 is 4.80 Å². The molecule has 0 aliphatic heterocycles. The summed E-state index contributed by atoms with van der Waals surface area (Å²) in [6.07, 6.45) is 0. The quantitative estimate of drug-likeness (QED) is 0.245. The molecule has 0 aromatic carbocycles. The van der Waals surface area contributed by atoms with Crippen molar-refractivity contribution in [1.82, 2.24) is 0 Å². The van der Waals surface area contributed by atoms with E-state index in [1.807, 2.05) is 0 Å². The SMILES string of the molecule is N[Si](N)(N)O. The molecule has 5 heavy (non-hydrogen) atoms. The van der Waals surface area contributed by atoms with Crippen molar-refractivity contribution in [3.8, 4) is 0 Å². The molecule has 0 aliphatic rings. The van der Waals surface area contributed by atoms with Gasteiger partial charge in [-0.2, -0.15) is 0 Å². The minimum atomic E-state index is -3.11. The lowest BCUT2D eigenvalue weighted by atomic mass is 13.8. The van der Waals surface area contributed by atoms with Gasteiger partial charge < -0.3 is 21.0 Å². The molecular formula is H7N3OSi. The van der Waals surface area contributed by atoms with Crippen molar-refractivity contribution in [1.29, 1.82) is 0 Å². The minimum Gasteiger partial charge on any atom is -0.397 e. The van der Waals surface area contributed by atoms with Crippen molar-refractivity contribution in [2.75, 3.05) is 0 Å². The summed E-state index contributed by atoms with van der Waals surface area (Å²) in [5, 5.41) is 13.8. The molecular weight excluding hydrogens is 86.1 g/mol. The monoisotopic (exact) mass is 93.0 g/mol. The molecule has 4 nitrogen and oxygen atoms in total. The Hall–Kier alpha value is 0.0569. The van der Waals surface area contributed by atoms with Gasteiger partial charge in [0.05, 0.1) is 0 Å². The first kappa shape index (κ1) is 5.06. The van der Waals surface area contributed by atoms with Crippen molar-refractivity contribution in [2.24, 2.45) is 16.2 Å². The van der Waals surface area contributed by atoms with Crippen LogP contribution in [0, 0.1) is 0 Å². The van der Waals surface area contributed by atoms with E-state index in [1.54, 1.807) is 0 Å². The van der Waals surface area contributed by atoms with Crippen LogP contribution < -0.4 is 16.2 Å². The molecule has 0 unspecified atom stereocenters. The highest BCUT2D eigenvalue weighted by molar-refractivity contribution is 6.62. The molecule has 0 heterocycles. The lowest BCUT2D eigenvalue weighted by molar-refractivity contribution is 0.537. The maximum absolute atomic E-state index is 7.99. The van der Waals surface area contributed by atoms with Gasteiger partial charge in [0.15, 0.2) is 0 Å².